The van der Waals surface area contributed by atoms with Crippen molar-refractivity contribution in [2.24, 2.45) is 0 Å². The molecule has 0 amide bonds. The fourth-order valence-electron chi connectivity index (χ4n) is 0.868. The second kappa shape index (κ2) is 5.53. The normalized spacial score (nSPS) is 10.3. The second-order valence-electron chi connectivity index (χ2n) is 2.51. The molecule has 14 heavy (non-hydrogen) atoms. The fraction of sp³-hybridized carbons (Fsp3) is 0.333. The summed E-state index contributed by atoms with van der Waals surface area (Å²) in [6.45, 7) is 0.659. The first-order valence-corrected chi connectivity index (χ1v) is 5.09. The Balaban J connectivity index is 2.79. The molecule has 0 radical (unpaired) electrons. The van der Waals surface area contributed by atoms with Gasteiger partial charge in [0, 0.05) is 11.6 Å². The van der Waals surface area contributed by atoms with Crippen molar-refractivity contribution in [3.8, 4) is 5.75 Å². The van der Waals surface area contributed by atoms with Gasteiger partial charge in [-0.05, 0) is 28.1 Å². The van der Waals surface area contributed by atoms with Crippen molar-refractivity contribution < 1.29 is 13.9 Å². The van der Waals surface area contributed by atoms with Crippen molar-refractivity contribution in [3.05, 3.63) is 27.4 Å². The summed E-state index contributed by atoms with van der Waals surface area (Å²) < 4.78 is 23.7. The van der Waals surface area contributed by atoms with Gasteiger partial charge in [0.25, 0.3) is 0 Å². The van der Waals surface area contributed by atoms with Gasteiger partial charge in [-0.1, -0.05) is 11.6 Å². The monoisotopic (exact) mass is 282 g/mol. The molecule has 1 rings (SSSR count). The lowest BCUT2D eigenvalue weighted by atomic mass is 10.3. The second-order valence-corrected chi connectivity index (χ2v) is 3.75. The van der Waals surface area contributed by atoms with Crippen LogP contribution in [-0.2, 0) is 4.74 Å². The van der Waals surface area contributed by atoms with Gasteiger partial charge in [0.1, 0.15) is 6.61 Å². The SMILES string of the molecule is COCCOc1c(F)ccc(Br)c1Cl. The van der Waals surface area contributed by atoms with E-state index in [9.17, 15) is 4.39 Å². The van der Waals surface area contributed by atoms with Gasteiger partial charge in [-0.2, -0.15) is 0 Å². The number of methoxy groups -OCH3 is 1. The lowest BCUT2D eigenvalue weighted by molar-refractivity contribution is 0.144. The van der Waals surface area contributed by atoms with Crippen LogP contribution < -0.4 is 4.74 Å². The van der Waals surface area contributed by atoms with Gasteiger partial charge < -0.3 is 9.47 Å². The van der Waals surface area contributed by atoms with Crippen LogP contribution in [0.3, 0.4) is 0 Å². The molecule has 0 aliphatic carbocycles. The minimum absolute atomic E-state index is 0.0538. The maximum atomic E-state index is 13.2. The molecule has 2 nitrogen and oxygen atoms in total. The number of benzene rings is 1. The molecule has 1 aromatic rings. The molecule has 0 N–H and O–H groups in total. The van der Waals surface area contributed by atoms with E-state index >= 15 is 0 Å². The van der Waals surface area contributed by atoms with E-state index in [0.717, 1.165) is 0 Å². The van der Waals surface area contributed by atoms with Crippen LogP contribution in [0.4, 0.5) is 4.39 Å². The van der Waals surface area contributed by atoms with Crippen LogP contribution in [0.5, 0.6) is 5.75 Å². The highest BCUT2D eigenvalue weighted by Gasteiger charge is 2.11. The zero-order chi connectivity index (χ0) is 10.6. The van der Waals surface area contributed by atoms with Crippen LogP contribution in [0.1, 0.15) is 0 Å². The molecule has 1 aromatic carbocycles. The van der Waals surface area contributed by atoms with Gasteiger partial charge in [-0.25, -0.2) is 4.39 Å². The summed E-state index contributed by atoms with van der Waals surface area (Å²) in [6.07, 6.45) is 0. The number of ether oxygens (including phenoxy) is 2. The Kier molecular flexibility index (Phi) is 4.65. The Hall–Kier alpha value is -0.320. The van der Waals surface area contributed by atoms with Crippen LogP contribution in [0.25, 0.3) is 0 Å². The van der Waals surface area contributed by atoms with Gasteiger partial charge in [-0.15, -0.1) is 0 Å². The lowest BCUT2D eigenvalue weighted by Crippen LogP contribution is -2.05. The molecule has 0 bridgehead atoms. The largest absolute Gasteiger partial charge is 0.486 e. The summed E-state index contributed by atoms with van der Waals surface area (Å²) in [4.78, 5) is 0. The molecule has 0 atom stereocenters. The van der Waals surface area contributed by atoms with Crippen molar-refractivity contribution in [1.82, 2.24) is 0 Å². The molecule has 0 spiro atoms. The van der Waals surface area contributed by atoms with E-state index in [1.165, 1.54) is 12.1 Å². The van der Waals surface area contributed by atoms with Gasteiger partial charge in [0.2, 0.25) is 0 Å². The minimum Gasteiger partial charge on any atom is -0.486 e. The Bertz CT molecular complexity index is 320. The Labute approximate surface area is 95.1 Å². The number of rotatable bonds is 4. The van der Waals surface area contributed by atoms with Crippen molar-refractivity contribution in [3.63, 3.8) is 0 Å². The van der Waals surface area contributed by atoms with E-state index in [4.69, 9.17) is 21.1 Å². The first kappa shape index (κ1) is 11.8. The highest BCUT2D eigenvalue weighted by atomic mass is 79.9. The highest BCUT2D eigenvalue weighted by molar-refractivity contribution is 9.10. The van der Waals surface area contributed by atoms with E-state index in [0.29, 0.717) is 11.1 Å². The molecule has 0 fully saturated rings. The average Bonchev–Trinajstić information content (AvgIpc) is 2.18. The first-order chi connectivity index (χ1) is 6.66. The van der Waals surface area contributed by atoms with E-state index in [-0.39, 0.29) is 17.4 Å². The maximum absolute atomic E-state index is 13.2. The highest BCUT2D eigenvalue weighted by Crippen LogP contribution is 2.34. The van der Waals surface area contributed by atoms with Gasteiger partial charge >= 0.3 is 0 Å². The Morgan fingerprint density at radius 1 is 1.43 bits per heavy atom. The average molecular weight is 284 g/mol. The smallest absolute Gasteiger partial charge is 0.174 e. The zero-order valence-corrected chi connectivity index (χ0v) is 9.86. The summed E-state index contributed by atoms with van der Waals surface area (Å²) >= 11 is 9.00. The van der Waals surface area contributed by atoms with E-state index in [2.05, 4.69) is 15.9 Å². The van der Waals surface area contributed by atoms with Crippen LogP contribution in [-0.4, -0.2) is 20.3 Å². The van der Waals surface area contributed by atoms with Crippen molar-refractivity contribution >= 4 is 27.5 Å². The van der Waals surface area contributed by atoms with Gasteiger partial charge in [0.05, 0.1) is 11.6 Å². The summed E-state index contributed by atoms with van der Waals surface area (Å²) in [6, 6.07) is 2.82. The van der Waals surface area contributed by atoms with Crippen LogP contribution in [0.2, 0.25) is 5.02 Å². The van der Waals surface area contributed by atoms with Crippen LogP contribution in [0, 0.1) is 5.82 Å². The van der Waals surface area contributed by atoms with E-state index < -0.39 is 5.82 Å². The summed E-state index contributed by atoms with van der Waals surface area (Å²) in [5.74, 6) is -0.424. The van der Waals surface area contributed by atoms with Gasteiger partial charge in [0.15, 0.2) is 11.6 Å². The summed E-state index contributed by atoms with van der Waals surface area (Å²) in [7, 11) is 1.54. The van der Waals surface area contributed by atoms with Crippen molar-refractivity contribution in [2.75, 3.05) is 20.3 Å². The molecule has 0 saturated heterocycles. The van der Waals surface area contributed by atoms with Crippen molar-refractivity contribution in [1.29, 1.82) is 0 Å². The molecule has 0 heterocycles. The van der Waals surface area contributed by atoms with Gasteiger partial charge in [-0.3, -0.25) is 0 Å². The third kappa shape index (κ3) is 2.83. The third-order valence-corrected chi connectivity index (χ3v) is 2.80. The minimum atomic E-state index is -0.477. The van der Waals surface area contributed by atoms with Crippen molar-refractivity contribution in [2.45, 2.75) is 0 Å². The fourth-order valence-corrected chi connectivity index (χ4v) is 1.39. The number of hydrogen-bond donors (Lipinski definition) is 0. The topological polar surface area (TPSA) is 18.5 Å². The third-order valence-electron chi connectivity index (χ3n) is 1.54. The molecular formula is C9H9BrClFO2. The number of halogens is 3. The number of hydrogen-bond acceptors (Lipinski definition) is 2. The molecule has 0 unspecified atom stereocenters. The molecule has 0 aliphatic heterocycles. The Morgan fingerprint density at radius 2 is 2.14 bits per heavy atom. The van der Waals surface area contributed by atoms with Crippen LogP contribution in [0.15, 0.2) is 16.6 Å². The van der Waals surface area contributed by atoms with E-state index in [1.807, 2.05) is 0 Å². The standard InChI is InChI=1S/C9H9BrClFO2/c1-13-4-5-14-9-7(12)3-2-6(10)8(9)11/h2-3H,4-5H2,1H3. The molecular weight excluding hydrogens is 274 g/mol. The molecule has 0 aromatic heterocycles. The zero-order valence-electron chi connectivity index (χ0n) is 7.52. The molecule has 78 valence electrons. The van der Waals surface area contributed by atoms with Crippen LogP contribution >= 0.6 is 27.5 Å². The lowest BCUT2D eigenvalue weighted by Gasteiger charge is -2.09. The summed E-state index contributed by atoms with van der Waals surface area (Å²) in [5.41, 5.74) is 0. The molecule has 0 aliphatic rings. The Morgan fingerprint density at radius 3 is 2.79 bits per heavy atom. The maximum Gasteiger partial charge on any atom is 0.174 e. The van der Waals surface area contributed by atoms with E-state index in [1.54, 1.807) is 7.11 Å². The molecule has 5 heteroatoms. The first-order valence-electron chi connectivity index (χ1n) is 3.92. The molecule has 0 saturated carbocycles. The predicted octanol–water partition coefficient (Wildman–Crippen LogP) is 3.27. The quantitative estimate of drug-likeness (QED) is 0.624. The predicted molar refractivity (Wildman–Crippen MR) is 56.5 cm³/mol. The summed E-state index contributed by atoms with van der Waals surface area (Å²) in [5, 5.41) is 0.237.